The molecule has 0 saturated heterocycles. The Labute approximate surface area is 174 Å². The molecule has 1 heterocycles. The number of aliphatic imine (C=N–C) groups is 1. The number of ether oxygens (including phenoxy) is 1. The topological polar surface area (TPSA) is 55.7 Å². The van der Waals surface area contributed by atoms with Crippen molar-refractivity contribution in [2.24, 2.45) is 16.3 Å². The maximum atomic E-state index is 13.2. The standard InChI is InChI=1S/C25H33NO3/c1-6-7-8-13-29-24(28)21-17(3)26-19-14-25(4,5)15-20(27)23(19)22(21)18-11-9-16(2)10-12-18/h9-12,21-22H,6-8,13-15H2,1-5H3/t21?,22-/m1/s1. The van der Waals surface area contributed by atoms with Crippen molar-refractivity contribution in [3.05, 3.63) is 46.7 Å². The average molecular weight is 396 g/mol. The molecule has 1 aliphatic carbocycles. The molecule has 1 aromatic carbocycles. The van der Waals surface area contributed by atoms with Gasteiger partial charge in [0.15, 0.2) is 5.78 Å². The number of rotatable bonds is 6. The summed E-state index contributed by atoms with van der Waals surface area (Å²) in [4.78, 5) is 31.0. The molecule has 0 fully saturated rings. The maximum Gasteiger partial charge on any atom is 0.315 e. The van der Waals surface area contributed by atoms with Crippen molar-refractivity contribution in [2.75, 3.05) is 6.61 Å². The van der Waals surface area contributed by atoms with Crippen LogP contribution in [0.4, 0.5) is 0 Å². The summed E-state index contributed by atoms with van der Waals surface area (Å²) in [7, 11) is 0. The molecular weight excluding hydrogens is 362 g/mol. The number of benzene rings is 1. The molecule has 156 valence electrons. The van der Waals surface area contributed by atoms with Crippen LogP contribution in [-0.2, 0) is 14.3 Å². The smallest absolute Gasteiger partial charge is 0.315 e. The predicted molar refractivity (Wildman–Crippen MR) is 116 cm³/mol. The minimum Gasteiger partial charge on any atom is -0.465 e. The Bertz CT molecular complexity index is 845. The van der Waals surface area contributed by atoms with E-state index in [0.29, 0.717) is 18.6 Å². The quantitative estimate of drug-likeness (QED) is 0.469. The van der Waals surface area contributed by atoms with E-state index in [0.717, 1.165) is 48.2 Å². The van der Waals surface area contributed by atoms with Crippen LogP contribution in [0.3, 0.4) is 0 Å². The fourth-order valence-electron chi connectivity index (χ4n) is 4.50. The zero-order valence-corrected chi connectivity index (χ0v) is 18.4. The molecule has 1 aromatic rings. The first-order chi connectivity index (χ1) is 13.7. The van der Waals surface area contributed by atoms with Gasteiger partial charge in [0.1, 0.15) is 5.92 Å². The van der Waals surface area contributed by atoms with Gasteiger partial charge in [-0.15, -0.1) is 0 Å². The molecule has 3 rings (SSSR count). The molecule has 1 unspecified atom stereocenters. The lowest BCUT2D eigenvalue weighted by atomic mass is 9.67. The van der Waals surface area contributed by atoms with E-state index in [2.05, 4.69) is 20.8 Å². The molecule has 2 atom stereocenters. The number of esters is 1. The number of aryl methyl sites for hydroxylation is 1. The molecule has 1 aliphatic heterocycles. The van der Waals surface area contributed by atoms with Gasteiger partial charge in [0, 0.05) is 29.3 Å². The minimum absolute atomic E-state index is 0.106. The summed E-state index contributed by atoms with van der Waals surface area (Å²) in [6.45, 7) is 10.7. The van der Waals surface area contributed by atoms with E-state index in [4.69, 9.17) is 9.73 Å². The van der Waals surface area contributed by atoms with Crippen molar-refractivity contribution < 1.29 is 14.3 Å². The third-order valence-electron chi connectivity index (χ3n) is 5.98. The summed E-state index contributed by atoms with van der Waals surface area (Å²) >= 11 is 0. The first kappa shape index (κ1) is 21.5. The van der Waals surface area contributed by atoms with Gasteiger partial charge in [0.2, 0.25) is 0 Å². The molecule has 4 heteroatoms. The second kappa shape index (κ2) is 8.64. The Kier molecular flexibility index (Phi) is 6.40. The zero-order chi connectivity index (χ0) is 21.2. The lowest BCUT2D eigenvalue weighted by molar-refractivity contribution is -0.146. The van der Waals surface area contributed by atoms with Crippen molar-refractivity contribution in [1.29, 1.82) is 0 Å². The number of hydrogen-bond donors (Lipinski definition) is 0. The SMILES string of the molecule is CCCCCOC(=O)C1C(C)=NC2=C(C(=O)CC(C)(C)C2)[C@@H]1c1ccc(C)cc1. The highest BCUT2D eigenvalue weighted by atomic mass is 16.5. The van der Waals surface area contributed by atoms with Gasteiger partial charge < -0.3 is 4.74 Å². The Balaban J connectivity index is 2.01. The van der Waals surface area contributed by atoms with Gasteiger partial charge in [-0.2, -0.15) is 0 Å². The fourth-order valence-corrected chi connectivity index (χ4v) is 4.50. The first-order valence-corrected chi connectivity index (χ1v) is 10.8. The van der Waals surface area contributed by atoms with Gasteiger partial charge >= 0.3 is 5.97 Å². The van der Waals surface area contributed by atoms with Crippen LogP contribution in [0.15, 0.2) is 40.5 Å². The molecule has 0 spiro atoms. The van der Waals surface area contributed by atoms with Crippen molar-refractivity contribution in [2.45, 2.75) is 72.6 Å². The third-order valence-corrected chi connectivity index (χ3v) is 5.98. The predicted octanol–water partition coefficient (Wildman–Crippen LogP) is 5.55. The number of hydrogen-bond acceptors (Lipinski definition) is 4. The lowest BCUT2D eigenvalue weighted by Crippen LogP contribution is -2.39. The lowest BCUT2D eigenvalue weighted by Gasteiger charge is -2.39. The Morgan fingerprint density at radius 1 is 1.14 bits per heavy atom. The van der Waals surface area contributed by atoms with Gasteiger partial charge in [-0.25, -0.2) is 0 Å². The number of nitrogens with zero attached hydrogens (tertiary/aromatic N) is 1. The van der Waals surface area contributed by atoms with Gasteiger partial charge in [-0.05, 0) is 37.7 Å². The van der Waals surface area contributed by atoms with E-state index in [9.17, 15) is 9.59 Å². The van der Waals surface area contributed by atoms with Crippen LogP contribution < -0.4 is 0 Å². The minimum atomic E-state index is -0.539. The Morgan fingerprint density at radius 3 is 2.48 bits per heavy atom. The molecule has 0 N–H and O–H groups in total. The van der Waals surface area contributed by atoms with Crippen LogP contribution in [0, 0.1) is 18.3 Å². The highest BCUT2D eigenvalue weighted by Gasteiger charge is 2.45. The maximum absolute atomic E-state index is 13.2. The van der Waals surface area contributed by atoms with Gasteiger partial charge in [-0.3, -0.25) is 14.6 Å². The first-order valence-electron chi connectivity index (χ1n) is 10.8. The van der Waals surface area contributed by atoms with E-state index in [1.165, 1.54) is 0 Å². The molecule has 0 bridgehead atoms. The summed E-state index contributed by atoms with van der Waals surface area (Å²) in [5, 5.41) is 0. The van der Waals surface area contributed by atoms with E-state index in [1.54, 1.807) is 0 Å². The molecule has 29 heavy (non-hydrogen) atoms. The second-order valence-corrected chi connectivity index (χ2v) is 9.30. The summed E-state index contributed by atoms with van der Waals surface area (Å²) in [6, 6.07) is 8.15. The number of unbranched alkanes of at least 4 members (excludes halogenated alkanes) is 2. The van der Waals surface area contributed by atoms with Gasteiger partial charge in [0.05, 0.1) is 6.61 Å². The molecule has 0 radical (unpaired) electrons. The van der Waals surface area contributed by atoms with Gasteiger partial charge in [0.25, 0.3) is 0 Å². The number of Topliss-reactive ketones (excluding diaryl/α,β-unsaturated/α-hetero) is 1. The summed E-state index contributed by atoms with van der Waals surface area (Å²) in [5.74, 6) is -1.01. The van der Waals surface area contributed by atoms with E-state index in [-0.39, 0.29) is 23.1 Å². The summed E-state index contributed by atoms with van der Waals surface area (Å²) < 4.78 is 5.63. The van der Waals surface area contributed by atoms with Crippen molar-refractivity contribution in [3.8, 4) is 0 Å². The van der Waals surface area contributed by atoms with Crippen LogP contribution in [-0.4, -0.2) is 24.1 Å². The second-order valence-electron chi connectivity index (χ2n) is 9.30. The highest BCUT2D eigenvalue weighted by Crippen LogP contribution is 2.47. The molecule has 0 amide bonds. The van der Waals surface area contributed by atoms with Crippen molar-refractivity contribution >= 4 is 17.5 Å². The number of carbonyl (C=O) groups is 2. The Hall–Kier alpha value is -2.23. The normalized spacial score (nSPS) is 23.5. The molecular formula is C25H33NO3. The highest BCUT2D eigenvalue weighted by molar-refractivity contribution is 6.09. The molecule has 2 aliphatic rings. The molecule has 0 saturated carbocycles. The fraction of sp³-hybridized carbons (Fsp3) is 0.560. The monoisotopic (exact) mass is 395 g/mol. The molecule has 4 nitrogen and oxygen atoms in total. The number of carbonyl (C=O) groups excluding carboxylic acids is 2. The number of ketones is 1. The van der Waals surface area contributed by atoms with E-state index in [1.807, 2.05) is 38.1 Å². The summed E-state index contributed by atoms with van der Waals surface area (Å²) in [5.41, 5.74) is 4.35. The largest absolute Gasteiger partial charge is 0.465 e. The van der Waals surface area contributed by atoms with Crippen LogP contribution in [0.1, 0.15) is 76.8 Å². The van der Waals surface area contributed by atoms with Crippen LogP contribution in [0.25, 0.3) is 0 Å². The Morgan fingerprint density at radius 2 is 1.83 bits per heavy atom. The average Bonchev–Trinajstić information content (AvgIpc) is 2.63. The van der Waals surface area contributed by atoms with Crippen LogP contribution >= 0.6 is 0 Å². The summed E-state index contributed by atoms with van der Waals surface area (Å²) in [6.07, 6.45) is 4.22. The van der Waals surface area contributed by atoms with Crippen molar-refractivity contribution in [3.63, 3.8) is 0 Å². The zero-order valence-electron chi connectivity index (χ0n) is 18.4. The van der Waals surface area contributed by atoms with Crippen molar-refractivity contribution in [1.82, 2.24) is 0 Å². The van der Waals surface area contributed by atoms with E-state index >= 15 is 0 Å². The van der Waals surface area contributed by atoms with Gasteiger partial charge in [-0.1, -0.05) is 63.4 Å². The third kappa shape index (κ3) is 4.68. The van der Waals surface area contributed by atoms with E-state index < -0.39 is 5.92 Å². The van der Waals surface area contributed by atoms with Crippen LogP contribution in [0.2, 0.25) is 0 Å². The number of allylic oxidation sites excluding steroid dienone is 2. The van der Waals surface area contributed by atoms with Crippen LogP contribution in [0.5, 0.6) is 0 Å². The molecule has 0 aromatic heterocycles.